The molecule has 0 fully saturated rings. The van der Waals surface area contributed by atoms with Crippen LogP contribution >= 0.6 is 0 Å². The molecule has 2 aliphatic carbocycles. The van der Waals surface area contributed by atoms with Gasteiger partial charge in [-0.25, -0.2) is 0 Å². The first-order chi connectivity index (χ1) is 25.1. The van der Waals surface area contributed by atoms with Gasteiger partial charge in [-0.2, -0.15) is 0 Å². The molecule has 0 radical (unpaired) electrons. The fourth-order valence-electron chi connectivity index (χ4n) is 9.18. The highest BCUT2D eigenvalue weighted by Gasteiger charge is 2.38. The predicted octanol–water partition coefficient (Wildman–Crippen LogP) is 13.2. The van der Waals surface area contributed by atoms with E-state index in [2.05, 4.69) is 209 Å². The molecule has 2 aliphatic rings. The SMILES string of the molecule is Cc1c(C)c(N(c2ccccc2)c2ccc3c(c2)C(C)(C)c2ccccc2-3)n(C)c1N(c1ccccc1)c1ccc2c(c1)C(C)(C)c1ccccc1-2. The maximum atomic E-state index is 2.46. The zero-order valence-electron chi connectivity index (χ0n) is 31.2. The molecule has 52 heavy (non-hydrogen) atoms. The maximum Gasteiger partial charge on any atom is 0.122 e. The van der Waals surface area contributed by atoms with E-state index < -0.39 is 0 Å². The average molecular weight is 676 g/mol. The minimum Gasteiger partial charge on any atom is -0.316 e. The Labute approximate surface area is 308 Å². The van der Waals surface area contributed by atoms with Crippen molar-refractivity contribution >= 4 is 34.4 Å². The molecule has 0 atom stereocenters. The normalized spacial score (nSPS) is 14.4. The van der Waals surface area contributed by atoms with Gasteiger partial charge >= 0.3 is 0 Å². The van der Waals surface area contributed by atoms with Crippen molar-refractivity contribution in [1.82, 2.24) is 4.57 Å². The van der Waals surface area contributed by atoms with Gasteiger partial charge in [0, 0.05) is 40.6 Å². The Morgan fingerprint density at radius 1 is 0.385 bits per heavy atom. The van der Waals surface area contributed by atoms with Crippen LogP contribution in [0.15, 0.2) is 146 Å². The Hall–Kier alpha value is -5.80. The predicted molar refractivity (Wildman–Crippen MR) is 219 cm³/mol. The van der Waals surface area contributed by atoms with Gasteiger partial charge in [0.25, 0.3) is 0 Å². The largest absolute Gasteiger partial charge is 0.316 e. The summed E-state index contributed by atoms with van der Waals surface area (Å²) in [6.07, 6.45) is 0. The molecule has 0 bridgehead atoms. The zero-order valence-corrected chi connectivity index (χ0v) is 31.2. The number of nitrogens with zero attached hydrogens (tertiary/aromatic N) is 3. The highest BCUT2D eigenvalue weighted by molar-refractivity contribution is 5.90. The molecule has 0 spiro atoms. The topological polar surface area (TPSA) is 11.4 Å². The van der Waals surface area contributed by atoms with Crippen molar-refractivity contribution in [3.05, 3.63) is 179 Å². The molecule has 0 saturated heterocycles. The van der Waals surface area contributed by atoms with E-state index in [4.69, 9.17) is 0 Å². The van der Waals surface area contributed by atoms with Crippen molar-refractivity contribution < 1.29 is 0 Å². The Kier molecular flexibility index (Phi) is 7.18. The van der Waals surface area contributed by atoms with Crippen molar-refractivity contribution in [2.75, 3.05) is 9.80 Å². The van der Waals surface area contributed by atoms with E-state index >= 15 is 0 Å². The lowest BCUT2D eigenvalue weighted by Crippen LogP contribution is -2.20. The molecule has 1 heterocycles. The van der Waals surface area contributed by atoms with Crippen LogP contribution in [-0.4, -0.2) is 4.57 Å². The Balaban J connectivity index is 1.24. The second-order valence-corrected chi connectivity index (χ2v) is 15.6. The van der Waals surface area contributed by atoms with Crippen LogP contribution in [0.25, 0.3) is 22.3 Å². The van der Waals surface area contributed by atoms with E-state index in [1.165, 1.54) is 55.6 Å². The number of para-hydroxylation sites is 2. The molecular weight excluding hydrogens is 631 g/mol. The Bertz CT molecular complexity index is 2330. The first-order valence-corrected chi connectivity index (χ1v) is 18.4. The number of fused-ring (bicyclic) bond motifs is 6. The number of aromatic nitrogens is 1. The van der Waals surface area contributed by atoms with Gasteiger partial charge in [-0.05, 0) is 118 Å². The van der Waals surface area contributed by atoms with Crippen LogP contribution < -0.4 is 9.80 Å². The third-order valence-corrected chi connectivity index (χ3v) is 12.0. The zero-order chi connectivity index (χ0) is 35.9. The summed E-state index contributed by atoms with van der Waals surface area (Å²) >= 11 is 0. The Morgan fingerprint density at radius 3 is 1.13 bits per heavy atom. The van der Waals surface area contributed by atoms with E-state index in [0.29, 0.717) is 0 Å². The van der Waals surface area contributed by atoms with Crippen molar-refractivity contribution in [1.29, 1.82) is 0 Å². The second-order valence-electron chi connectivity index (χ2n) is 15.6. The van der Waals surface area contributed by atoms with Crippen LogP contribution in [0.5, 0.6) is 0 Å². The first-order valence-electron chi connectivity index (χ1n) is 18.4. The van der Waals surface area contributed by atoms with Crippen molar-refractivity contribution in [2.45, 2.75) is 52.4 Å². The molecule has 256 valence electrons. The molecule has 7 aromatic rings. The quantitative estimate of drug-likeness (QED) is 0.174. The van der Waals surface area contributed by atoms with Gasteiger partial charge in [-0.1, -0.05) is 125 Å². The number of rotatable bonds is 6. The van der Waals surface area contributed by atoms with E-state index in [-0.39, 0.29) is 10.8 Å². The summed E-state index contributed by atoms with van der Waals surface area (Å²) in [4.78, 5) is 4.91. The van der Waals surface area contributed by atoms with Gasteiger partial charge < -0.3 is 4.57 Å². The monoisotopic (exact) mass is 675 g/mol. The molecule has 3 heteroatoms. The van der Waals surface area contributed by atoms with Crippen molar-refractivity contribution in [3.63, 3.8) is 0 Å². The summed E-state index contributed by atoms with van der Waals surface area (Å²) in [6.45, 7) is 14.0. The minimum atomic E-state index is -0.0975. The fourth-order valence-corrected chi connectivity index (χ4v) is 9.18. The molecule has 0 unspecified atom stereocenters. The van der Waals surface area contributed by atoms with Crippen LogP contribution in [0.3, 0.4) is 0 Å². The minimum absolute atomic E-state index is 0.0975. The van der Waals surface area contributed by atoms with E-state index in [1.54, 1.807) is 0 Å². The Morgan fingerprint density at radius 2 is 0.731 bits per heavy atom. The maximum absolute atomic E-state index is 2.46. The summed E-state index contributed by atoms with van der Waals surface area (Å²) in [5.74, 6) is 2.31. The van der Waals surface area contributed by atoms with E-state index in [9.17, 15) is 0 Å². The lowest BCUT2D eigenvalue weighted by atomic mass is 9.82. The molecule has 0 saturated carbocycles. The van der Waals surface area contributed by atoms with E-state index in [0.717, 1.165) is 34.4 Å². The lowest BCUT2D eigenvalue weighted by Gasteiger charge is -2.31. The van der Waals surface area contributed by atoms with Gasteiger partial charge in [0.05, 0.1) is 0 Å². The van der Waals surface area contributed by atoms with Gasteiger partial charge in [0.2, 0.25) is 0 Å². The second kappa shape index (κ2) is 11.6. The van der Waals surface area contributed by atoms with Gasteiger partial charge in [0.15, 0.2) is 0 Å². The molecule has 0 N–H and O–H groups in total. The summed E-state index contributed by atoms with van der Waals surface area (Å²) in [7, 11) is 2.23. The van der Waals surface area contributed by atoms with Gasteiger partial charge in [0.1, 0.15) is 11.6 Å². The van der Waals surface area contributed by atoms with Gasteiger partial charge in [-0.15, -0.1) is 0 Å². The third-order valence-electron chi connectivity index (χ3n) is 12.0. The van der Waals surface area contributed by atoms with Crippen LogP contribution in [-0.2, 0) is 17.9 Å². The molecule has 3 nitrogen and oxygen atoms in total. The molecular formula is C49H45N3. The number of benzene rings is 6. The molecule has 1 aromatic heterocycles. The summed E-state index contributed by atoms with van der Waals surface area (Å²) in [6, 6.07) is 53.6. The average Bonchev–Trinajstić information content (AvgIpc) is 3.64. The molecule has 6 aromatic carbocycles. The summed E-state index contributed by atoms with van der Waals surface area (Å²) in [5.41, 5.74) is 17.7. The summed E-state index contributed by atoms with van der Waals surface area (Å²) in [5, 5.41) is 0. The van der Waals surface area contributed by atoms with E-state index in [1.807, 2.05) is 0 Å². The standard InChI is InChI=1S/C49H45N3/c1-32-33(2)47(52(35-20-12-9-13-21-35)37-27-29-41-39-23-15-17-25-43(39)49(5,6)45(41)31-37)50(7)46(32)51(34-18-10-8-11-19-34)36-26-28-40-38-22-14-16-24-42(38)48(3,4)44(40)30-36/h8-31H,1-7H3. The first kappa shape index (κ1) is 32.1. The fraction of sp³-hybridized carbons (Fsp3) is 0.184. The number of hydrogen-bond donors (Lipinski definition) is 0. The van der Waals surface area contributed by atoms with Crippen molar-refractivity contribution in [2.24, 2.45) is 7.05 Å². The molecule has 0 amide bonds. The van der Waals surface area contributed by atoms with Crippen LogP contribution in [0.1, 0.15) is 61.1 Å². The van der Waals surface area contributed by atoms with Crippen LogP contribution in [0.4, 0.5) is 34.4 Å². The smallest absolute Gasteiger partial charge is 0.122 e. The summed E-state index contributed by atoms with van der Waals surface area (Å²) < 4.78 is 2.41. The number of anilines is 6. The third kappa shape index (κ3) is 4.58. The highest BCUT2D eigenvalue weighted by Crippen LogP contribution is 2.53. The number of hydrogen-bond acceptors (Lipinski definition) is 2. The van der Waals surface area contributed by atoms with Crippen molar-refractivity contribution in [3.8, 4) is 22.3 Å². The lowest BCUT2D eigenvalue weighted by molar-refractivity contribution is 0.660. The van der Waals surface area contributed by atoms with Crippen LogP contribution in [0.2, 0.25) is 0 Å². The molecule has 9 rings (SSSR count). The van der Waals surface area contributed by atoms with Crippen LogP contribution in [0, 0.1) is 13.8 Å². The molecule has 0 aliphatic heterocycles. The van der Waals surface area contributed by atoms with Gasteiger partial charge in [-0.3, -0.25) is 9.80 Å². The highest BCUT2D eigenvalue weighted by atomic mass is 15.3.